The average molecular weight is 247 g/mol. The molecule has 1 amide bonds. The molecule has 0 radical (unpaired) electrons. The first-order chi connectivity index (χ1) is 8.37. The Morgan fingerprint density at radius 3 is 2.50 bits per heavy atom. The molecule has 0 saturated carbocycles. The number of carbonyl (C=O) groups excluding carboxylic acids is 1. The summed E-state index contributed by atoms with van der Waals surface area (Å²) in [4.78, 5) is 11.3. The van der Waals surface area contributed by atoms with Gasteiger partial charge in [0.2, 0.25) is 0 Å². The van der Waals surface area contributed by atoms with Gasteiger partial charge in [-0.2, -0.15) is 0 Å². The standard InChI is InChI=1S/C14H17NO3/c1-14(2,3)18-13(17)15-10-4-5-11-6-8-12(16)9-7-11/h6-9,16H,10H2,1-3H3,(H,15,17). The summed E-state index contributed by atoms with van der Waals surface area (Å²) < 4.78 is 5.05. The molecule has 4 nitrogen and oxygen atoms in total. The van der Waals surface area contributed by atoms with Gasteiger partial charge in [0.15, 0.2) is 0 Å². The highest BCUT2D eigenvalue weighted by Crippen LogP contribution is 2.08. The van der Waals surface area contributed by atoms with Gasteiger partial charge in [0.05, 0.1) is 6.54 Å². The van der Waals surface area contributed by atoms with Gasteiger partial charge < -0.3 is 15.2 Å². The lowest BCUT2D eigenvalue weighted by Crippen LogP contribution is -2.32. The van der Waals surface area contributed by atoms with E-state index in [2.05, 4.69) is 17.2 Å². The fraction of sp³-hybridized carbons (Fsp3) is 0.357. The number of phenols is 1. The van der Waals surface area contributed by atoms with Crippen molar-refractivity contribution in [3.8, 4) is 17.6 Å². The first-order valence-corrected chi connectivity index (χ1v) is 5.61. The number of phenolic OH excluding ortho intramolecular Hbond substituents is 1. The van der Waals surface area contributed by atoms with Gasteiger partial charge in [-0.3, -0.25) is 0 Å². The highest BCUT2D eigenvalue weighted by Gasteiger charge is 2.14. The molecule has 0 aliphatic carbocycles. The van der Waals surface area contributed by atoms with Crippen LogP contribution >= 0.6 is 0 Å². The Morgan fingerprint density at radius 2 is 1.94 bits per heavy atom. The maximum atomic E-state index is 11.3. The number of amides is 1. The van der Waals surface area contributed by atoms with Crippen molar-refractivity contribution in [3.63, 3.8) is 0 Å². The lowest BCUT2D eigenvalue weighted by Gasteiger charge is -2.18. The number of carbonyl (C=O) groups is 1. The van der Waals surface area contributed by atoms with E-state index < -0.39 is 11.7 Å². The molecule has 0 aromatic heterocycles. The van der Waals surface area contributed by atoms with E-state index in [-0.39, 0.29) is 12.3 Å². The van der Waals surface area contributed by atoms with Gasteiger partial charge in [0.1, 0.15) is 11.4 Å². The van der Waals surface area contributed by atoms with Crippen LogP contribution in [0.3, 0.4) is 0 Å². The van der Waals surface area contributed by atoms with E-state index in [1.165, 1.54) is 0 Å². The van der Waals surface area contributed by atoms with Crippen molar-refractivity contribution in [2.45, 2.75) is 26.4 Å². The SMILES string of the molecule is CC(C)(C)OC(=O)NCC#Cc1ccc(O)cc1. The number of hydrogen-bond acceptors (Lipinski definition) is 3. The van der Waals surface area contributed by atoms with Crippen LogP contribution in [0.15, 0.2) is 24.3 Å². The summed E-state index contributed by atoms with van der Waals surface area (Å²) in [6.07, 6.45) is -0.484. The van der Waals surface area contributed by atoms with Gasteiger partial charge in [0, 0.05) is 5.56 Å². The zero-order valence-corrected chi connectivity index (χ0v) is 10.8. The van der Waals surface area contributed by atoms with Crippen molar-refractivity contribution in [2.24, 2.45) is 0 Å². The summed E-state index contributed by atoms with van der Waals surface area (Å²) in [5.74, 6) is 5.85. The molecule has 96 valence electrons. The second-order valence-corrected chi connectivity index (χ2v) is 4.70. The van der Waals surface area contributed by atoms with Crippen LogP contribution < -0.4 is 5.32 Å². The predicted octanol–water partition coefficient (Wildman–Crippen LogP) is 2.27. The molecule has 0 unspecified atom stereocenters. The van der Waals surface area contributed by atoms with Crippen LogP contribution in [0, 0.1) is 11.8 Å². The Bertz CT molecular complexity index is 461. The molecular weight excluding hydrogens is 230 g/mol. The zero-order valence-electron chi connectivity index (χ0n) is 10.8. The van der Waals surface area contributed by atoms with Crippen LogP contribution in [-0.4, -0.2) is 23.3 Å². The second-order valence-electron chi connectivity index (χ2n) is 4.70. The van der Waals surface area contributed by atoms with Gasteiger partial charge in [-0.15, -0.1) is 0 Å². The minimum absolute atomic E-state index is 0.201. The topological polar surface area (TPSA) is 58.6 Å². The molecule has 2 N–H and O–H groups in total. The number of alkyl carbamates (subject to hydrolysis) is 1. The Hall–Kier alpha value is -2.15. The molecule has 1 aromatic carbocycles. The minimum Gasteiger partial charge on any atom is -0.508 e. The third-order valence-corrected chi connectivity index (χ3v) is 1.82. The van der Waals surface area contributed by atoms with E-state index in [0.29, 0.717) is 0 Å². The van der Waals surface area contributed by atoms with E-state index in [9.17, 15) is 4.79 Å². The number of hydrogen-bond donors (Lipinski definition) is 2. The number of benzene rings is 1. The number of rotatable bonds is 1. The largest absolute Gasteiger partial charge is 0.508 e. The molecule has 0 fully saturated rings. The lowest BCUT2D eigenvalue weighted by molar-refractivity contribution is 0.0535. The fourth-order valence-corrected chi connectivity index (χ4v) is 1.12. The Kier molecular flexibility index (Phi) is 4.61. The highest BCUT2D eigenvalue weighted by atomic mass is 16.6. The molecule has 0 saturated heterocycles. The summed E-state index contributed by atoms with van der Waals surface area (Å²) in [6, 6.07) is 6.53. The third-order valence-electron chi connectivity index (χ3n) is 1.82. The molecule has 0 atom stereocenters. The van der Waals surface area contributed by atoms with Gasteiger partial charge >= 0.3 is 6.09 Å². The summed E-state index contributed by atoms with van der Waals surface area (Å²) >= 11 is 0. The van der Waals surface area contributed by atoms with E-state index in [0.717, 1.165) is 5.56 Å². The number of aromatic hydroxyl groups is 1. The Balaban J connectivity index is 2.38. The minimum atomic E-state index is -0.505. The van der Waals surface area contributed by atoms with Crippen LogP contribution in [0.4, 0.5) is 4.79 Å². The quantitative estimate of drug-likeness (QED) is 0.748. The molecular formula is C14H17NO3. The first-order valence-electron chi connectivity index (χ1n) is 5.61. The molecule has 1 rings (SSSR count). The van der Waals surface area contributed by atoms with Crippen molar-refractivity contribution in [2.75, 3.05) is 6.54 Å². The van der Waals surface area contributed by atoms with Gasteiger partial charge in [-0.05, 0) is 45.0 Å². The Morgan fingerprint density at radius 1 is 1.33 bits per heavy atom. The maximum absolute atomic E-state index is 11.3. The molecule has 0 spiro atoms. The Labute approximate surface area is 107 Å². The summed E-state index contributed by atoms with van der Waals surface area (Å²) in [5.41, 5.74) is 0.271. The number of nitrogens with one attached hydrogen (secondary N) is 1. The normalized spacial score (nSPS) is 10.2. The molecule has 0 bridgehead atoms. The first kappa shape index (κ1) is 13.9. The lowest BCUT2D eigenvalue weighted by atomic mass is 10.2. The van der Waals surface area contributed by atoms with Crippen molar-refractivity contribution in [3.05, 3.63) is 29.8 Å². The monoisotopic (exact) mass is 247 g/mol. The zero-order chi connectivity index (χ0) is 13.6. The fourth-order valence-electron chi connectivity index (χ4n) is 1.12. The van der Waals surface area contributed by atoms with Crippen LogP contribution in [0.25, 0.3) is 0 Å². The van der Waals surface area contributed by atoms with Crippen molar-refractivity contribution in [1.29, 1.82) is 0 Å². The summed E-state index contributed by atoms with van der Waals surface area (Å²) in [6.45, 7) is 5.62. The van der Waals surface area contributed by atoms with Crippen LogP contribution in [-0.2, 0) is 4.74 Å². The predicted molar refractivity (Wildman–Crippen MR) is 69.2 cm³/mol. The van der Waals surface area contributed by atoms with Gasteiger partial charge in [-0.1, -0.05) is 11.8 Å². The van der Waals surface area contributed by atoms with Crippen molar-refractivity contribution in [1.82, 2.24) is 5.32 Å². The molecule has 4 heteroatoms. The van der Waals surface area contributed by atoms with Crippen LogP contribution in [0.2, 0.25) is 0 Å². The average Bonchev–Trinajstić information content (AvgIpc) is 2.24. The van der Waals surface area contributed by atoms with Gasteiger partial charge in [-0.25, -0.2) is 4.79 Å². The molecule has 0 heterocycles. The van der Waals surface area contributed by atoms with Gasteiger partial charge in [0.25, 0.3) is 0 Å². The summed E-state index contributed by atoms with van der Waals surface area (Å²) in [7, 11) is 0. The van der Waals surface area contributed by atoms with Crippen LogP contribution in [0.5, 0.6) is 5.75 Å². The molecule has 0 aliphatic heterocycles. The van der Waals surface area contributed by atoms with E-state index in [4.69, 9.17) is 9.84 Å². The maximum Gasteiger partial charge on any atom is 0.408 e. The van der Waals surface area contributed by atoms with E-state index >= 15 is 0 Å². The van der Waals surface area contributed by atoms with E-state index in [1.54, 1.807) is 45.0 Å². The molecule has 0 aliphatic rings. The smallest absolute Gasteiger partial charge is 0.408 e. The number of ether oxygens (including phenoxy) is 1. The molecule has 1 aromatic rings. The van der Waals surface area contributed by atoms with Crippen molar-refractivity contribution >= 4 is 6.09 Å². The van der Waals surface area contributed by atoms with Crippen molar-refractivity contribution < 1.29 is 14.6 Å². The third kappa shape index (κ3) is 5.80. The van der Waals surface area contributed by atoms with E-state index in [1.807, 2.05) is 0 Å². The summed E-state index contributed by atoms with van der Waals surface area (Å²) in [5, 5.41) is 11.6. The second kappa shape index (κ2) is 5.97. The van der Waals surface area contributed by atoms with Crippen LogP contribution in [0.1, 0.15) is 26.3 Å². The highest BCUT2D eigenvalue weighted by molar-refractivity contribution is 5.68. The molecule has 18 heavy (non-hydrogen) atoms.